The van der Waals surface area contributed by atoms with Crippen LogP contribution in [0.4, 0.5) is 4.39 Å². The highest BCUT2D eigenvalue weighted by atomic mass is 32.2. The lowest BCUT2D eigenvalue weighted by Crippen LogP contribution is -2.37. The second-order valence-corrected chi connectivity index (χ2v) is 7.00. The zero-order valence-electron chi connectivity index (χ0n) is 12.9. The minimum Gasteiger partial charge on any atom is -0.352 e. The summed E-state index contributed by atoms with van der Waals surface area (Å²) in [5.74, 6) is 0.0142. The lowest BCUT2D eigenvalue weighted by Gasteiger charge is -2.15. The van der Waals surface area contributed by atoms with Crippen LogP contribution in [0.1, 0.15) is 32.6 Å². The monoisotopic (exact) mass is 334 g/mol. The zero-order chi connectivity index (χ0) is 16.2. The topological polar surface area (TPSA) is 70.7 Å². The van der Waals surface area contributed by atoms with Gasteiger partial charge >= 0.3 is 0 Å². The van der Waals surface area contributed by atoms with E-state index in [2.05, 4.69) is 20.5 Å². The molecule has 0 bridgehead atoms. The molecule has 1 unspecified atom stereocenters. The third-order valence-corrected chi connectivity index (χ3v) is 4.91. The number of amides is 1. The van der Waals surface area contributed by atoms with E-state index in [-0.39, 0.29) is 17.0 Å². The molecule has 1 aliphatic rings. The first-order chi connectivity index (χ1) is 11.1. The standard InChI is InChI=1S/C16H19FN4OS/c1-10(15(22)18-11-6-2-3-7-11)23-16-19-14(20-21-16)12-8-4-5-9-13(12)17/h4-5,8-11H,2-3,6-7H2,1H3,(H,18,22)(H,19,20,21). The molecule has 1 aliphatic carbocycles. The molecular weight excluding hydrogens is 315 g/mol. The summed E-state index contributed by atoms with van der Waals surface area (Å²) in [7, 11) is 0. The lowest BCUT2D eigenvalue weighted by molar-refractivity contribution is -0.120. The van der Waals surface area contributed by atoms with Gasteiger partial charge in [0, 0.05) is 6.04 Å². The van der Waals surface area contributed by atoms with Crippen molar-refractivity contribution in [1.82, 2.24) is 20.5 Å². The number of carbonyl (C=O) groups excluding carboxylic acids is 1. The largest absolute Gasteiger partial charge is 0.352 e. The Labute approximate surface area is 138 Å². The maximum Gasteiger partial charge on any atom is 0.233 e. The lowest BCUT2D eigenvalue weighted by atomic mass is 10.2. The molecule has 5 nitrogen and oxygen atoms in total. The number of thioether (sulfide) groups is 1. The molecule has 1 heterocycles. The summed E-state index contributed by atoms with van der Waals surface area (Å²) in [6, 6.07) is 6.68. The average molecular weight is 334 g/mol. The molecule has 0 aliphatic heterocycles. The van der Waals surface area contributed by atoms with Crippen molar-refractivity contribution in [2.24, 2.45) is 0 Å². The molecular formula is C16H19FN4OS. The van der Waals surface area contributed by atoms with Gasteiger partial charge < -0.3 is 5.32 Å². The van der Waals surface area contributed by atoms with E-state index >= 15 is 0 Å². The van der Waals surface area contributed by atoms with Crippen LogP contribution in [0.2, 0.25) is 0 Å². The number of nitrogens with zero attached hydrogens (tertiary/aromatic N) is 2. The normalized spacial score (nSPS) is 16.4. The van der Waals surface area contributed by atoms with Gasteiger partial charge in [0.05, 0.1) is 10.8 Å². The summed E-state index contributed by atoms with van der Waals surface area (Å²) < 4.78 is 13.7. The molecule has 1 aromatic heterocycles. The molecule has 1 atom stereocenters. The van der Waals surface area contributed by atoms with Crippen LogP contribution < -0.4 is 5.32 Å². The van der Waals surface area contributed by atoms with E-state index < -0.39 is 0 Å². The Kier molecular flexibility index (Phi) is 4.95. The summed E-state index contributed by atoms with van der Waals surface area (Å²) in [6.07, 6.45) is 4.47. The molecule has 122 valence electrons. The maximum atomic E-state index is 13.7. The first-order valence-corrected chi connectivity index (χ1v) is 8.66. The molecule has 23 heavy (non-hydrogen) atoms. The van der Waals surface area contributed by atoms with E-state index in [0.717, 1.165) is 12.8 Å². The van der Waals surface area contributed by atoms with Crippen LogP contribution in [0.25, 0.3) is 11.4 Å². The third-order valence-electron chi connectivity index (χ3n) is 3.95. The Balaban J connectivity index is 1.62. The number of benzene rings is 1. The highest BCUT2D eigenvalue weighted by Crippen LogP contribution is 2.25. The number of H-pyrrole nitrogens is 1. The Hall–Kier alpha value is -1.89. The van der Waals surface area contributed by atoms with Gasteiger partial charge in [0.15, 0.2) is 5.82 Å². The van der Waals surface area contributed by atoms with Crippen molar-refractivity contribution in [3.8, 4) is 11.4 Å². The minimum atomic E-state index is -0.354. The van der Waals surface area contributed by atoms with Crippen molar-refractivity contribution in [3.63, 3.8) is 0 Å². The summed E-state index contributed by atoms with van der Waals surface area (Å²) in [5, 5.41) is 10.0. The number of rotatable bonds is 5. The van der Waals surface area contributed by atoms with E-state index in [1.165, 1.54) is 30.7 Å². The summed E-state index contributed by atoms with van der Waals surface area (Å²) >= 11 is 1.27. The molecule has 2 aromatic rings. The van der Waals surface area contributed by atoms with Crippen molar-refractivity contribution >= 4 is 17.7 Å². The van der Waals surface area contributed by atoms with Crippen molar-refractivity contribution < 1.29 is 9.18 Å². The molecule has 0 saturated heterocycles. The van der Waals surface area contributed by atoms with Gasteiger partial charge in [0.25, 0.3) is 0 Å². The Bertz CT molecular complexity index is 684. The van der Waals surface area contributed by atoms with Crippen LogP contribution in [0.15, 0.2) is 29.4 Å². The van der Waals surface area contributed by atoms with Crippen LogP contribution in [0.3, 0.4) is 0 Å². The Morgan fingerprint density at radius 1 is 1.39 bits per heavy atom. The highest BCUT2D eigenvalue weighted by molar-refractivity contribution is 8.00. The van der Waals surface area contributed by atoms with Crippen molar-refractivity contribution in [1.29, 1.82) is 0 Å². The fourth-order valence-corrected chi connectivity index (χ4v) is 3.41. The molecule has 1 fully saturated rings. The van der Waals surface area contributed by atoms with Gasteiger partial charge in [0.1, 0.15) is 5.82 Å². The first-order valence-electron chi connectivity index (χ1n) is 7.78. The van der Waals surface area contributed by atoms with Crippen LogP contribution >= 0.6 is 11.8 Å². The molecule has 0 spiro atoms. The number of aromatic amines is 1. The van der Waals surface area contributed by atoms with Crippen LogP contribution in [0.5, 0.6) is 0 Å². The SMILES string of the molecule is CC(Sc1n[nH]c(-c2ccccc2F)n1)C(=O)NC1CCCC1. The smallest absolute Gasteiger partial charge is 0.233 e. The van der Waals surface area contributed by atoms with Gasteiger partial charge in [-0.3, -0.25) is 9.89 Å². The Morgan fingerprint density at radius 2 is 2.13 bits per heavy atom. The second kappa shape index (κ2) is 7.12. The molecule has 7 heteroatoms. The molecule has 2 N–H and O–H groups in total. The van der Waals surface area contributed by atoms with Gasteiger partial charge in [-0.05, 0) is 31.9 Å². The average Bonchev–Trinajstić information content (AvgIpc) is 3.19. The number of hydrogen-bond donors (Lipinski definition) is 2. The highest BCUT2D eigenvalue weighted by Gasteiger charge is 2.22. The fraction of sp³-hybridized carbons (Fsp3) is 0.438. The van der Waals surface area contributed by atoms with E-state index in [1.54, 1.807) is 18.2 Å². The van der Waals surface area contributed by atoms with Crippen LogP contribution in [0, 0.1) is 5.82 Å². The van der Waals surface area contributed by atoms with Crippen molar-refractivity contribution in [2.75, 3.05) is 0 Å². The molecule has 1 saturated carbocycles. The van der Waals surface area contributed by atoms with E-state index in [0.29, 0.717) is 22.6 Å². The van der Waals surface area contributed by atoms with Crippen molar-refractivity contribution in [3.05, 3.63) is 30.1 Å². The van der Waals surface area contributed by atoms with Gasteiger partial charge in [-0.15, -0.1) is 5.10 Å². The molecule has 0 radical (unpaired) electrons. The summed E-state index contributed by atoms with van der Waals surface area (Å²) in [5.41, 5.74) is 0.370. The summed E-state index contributed by atoms with van der Waals surface area (Å²) in [6.45, 7) is 1.83. The zero-order valence-corrected chi connectivity index (χ0v) is 13.7. The number of carbonyl (C=O) groups is 1. The maximum absolute atomic E-state index is 13.7. The fourth-order valence-electron chi connectivity index (χ4n) is 2.67. The van der Waals surface area contributed by atoms with E-state index in [9.17, 15) is 9.18 Å². The minimum absolute atomic E-state index is 0.000795. The van der Waals surface area contributed by atoms with Gasteiger partial charge in [0.2, 0.25) is 11.1 Å². The van der Waals surface area contributed by atoms with Crippen LogP contribution in [-0.4, -0.2) is 32.4 Å². The van der Waals surface area contributed by atoms with Crippen LogP contribution in [-0.2, 0) is 4.79 Å². The number of aromatic nitrogens is 3. The quantitative estimate of drug-likeness (QED) is 0.824. The van der Waals surface area contributed by atoms with Crippen molar-refractivity contribution in [2.45, 2.75) is 49.1 Å². The third kappa shape index (κ3) is 3.90. The number of nitrogens with one attached hydrogen (secondary N) is 2. The Morgan fingerprint density at radius 3 is 2.87 bits per heavy atom. The molecule has 3 rings (SSSR count). The van der Waals surface area contributed by atoms with Gasteiger partial charge in [-0.1, -0.05) is 36.7 Å². The molecule has 1 aromatic carbocycles. The van der Waals surface area contributed by atoms with Gasteiger partial charge in [-0.2, -0.15) is 0 Å². The van der Waals surface area contributed by atoms with E-state index in [1.807, 2.05) is 6.92 Å². The van der Waals surface area contributed by atoms with Gasteiger partial charge in [-0.25, -0.2) is 9.37 Å². The predicted octanol–water partition coefficient (Wildman–Crippen LogP) is 3.15. The second-order valence-electron chi connectivity index (χ2n) is 5.70. The van der Waals surface area contributed by atoms with E-state index in [4.69, 9.17) is 0 Å². The summed E-state index contributed by atoms with van der Waals surface area (Å²) in [4.78, 5) is 16.4. The number of halogens is 1. The first kappa shape index (κ1) is 16.0. The number of hydrogen-bond acceptors (Lipinski definition) is 4. The molecule has 1 amide bonds. The predicted molar refractivity (Wildman–Crippen MR) is 87.5 cm³/mol.